The van der Waals surface area contributed by atoms with E-state index in [1.807, 2.05) is 13.8 Å². The molecule has 0 rings (SSSR count). The molecule has 0 aromatic heterocycles. The van der Waals surface area contributed by atoms with Gasteiger partial charge >= 0.3 is 12.0 Å². The summed E-state index contributed by atoms with van der Waals surface area (Å²) in [4.78, 5) is 36.6. The molecule has 0 heterocycles. The molecule has 0 spiro atoms. The van der Waals surface area contributed by atoms with Crippen LogP contribution >= 0.6 is 0 Å². The average Bonchev–Trinajstić information content (AvgIpc) is 2.26. The number of amides is 3. The minimum atomic E-state index is -0.967. The van der Waals surface area contributed by atoms with Crippen molar-refractivity contribution in [1.82, 2.24) is 15.1 Å². The number of hydrogen-bond donors (Lipinski definition) is 2. The summed E-state index contributed by atoms with van der Waals surface area (Å²) in [7, 11) is 4.71. The number of carboxylic acids is 1. The van der Waals surface area contributed by atoms with Crippen LogP contribution in [-0.4, -0.2) is 66.5 Å². The first-order chi connectivity index (χ1) is 8.65. The summed E-state index contributed by atoms with van der Waals surface area (Å²) in [5.41, 5.74) is 0. The monoisotopic (exact) mass is 273 g/mol. The van der Waals surface area contributed by atoms with Crippen LogP contribution in [0.3, 0.4) is 0 Å². The second-order valence-electron chi connectivity index (χ2n) is 5.04. The first-order valence-electron chi connectivity index (χ1n) is 6.08. The highest BCUT2D eigenvalue weighted by Gasteiger charge is 2.22. The van der Waals surface area contributed by atoms with Gasteiger partial charge < -0.3 is 20.2 Å². The van der Waals surface area contributed by atoms with Crippen molar-refractivity contribution in [3.05, 3.63) is 0 Å². The molecular weight excluding hydrogens is 250 g/mol. The van der Waals surface area contributed by atoms with Crippen molar-refractivity contribution < 1.29 is 19.5 Å². The highest BCUT2D eigenvalue weighted by Crippen LogP contribution is 2.06. The predicted octanol–water partition coefficient (Wildman–Crippen LogP) is 0.215. The number of rotatable bonds is 6. The molecule has 0 fully saturated rings. The number of carbonyl (C=O) groups excluding carboxylic acids is 2. The fourth-order valence-corrected chi connectivity index (χ4v) is 1.33. The van der Waals surface area contributed by atoms with E-state index in [1.165, 1.54) is 16.8 Å². The van der Waals surface area contributed by atoms with Gasteiger partial charge in [0.25, 0.3) is 0 Å². The average molecular weight is 273 g/mol. The van der Waals surface area contributed by atoms with Crippen LogP contribution in [0.1, 0.15) is 20.3 Å². The van der Waals surface area contributed by atoms with Crippen LogP contribution in [0.5, 0.6) is 0 Å². The third-order valence-corrected chi connectivity index (χ3v) is 2.73. The molecule has 0 saturated heterocycles. The Hall–Kier alpha value is -1.79. The van der Waals surface area contributed by atoms with Crippen molar-refractivity contribution in [2.45, 2.75) is 26.3 Å². The van der Waals surface area contributed by atoms with Crippen molar-refractivity contribution in [2.75, 3.05) is 27.7 Å². The van der Waals surface area contributed by atoms with E-state index < -0.39 is 18.0 Å². The van der Waals surface area contributed by atoms with Gasteiger partial charge in [0.05, 0.1) is 6.42 Å². The largest absolute Gasteiger partial charge is 0.481 e. The lowest BCUT2D eigenvalue weighted by molar-refractivity contribution is -0.137. The summed E-state index contributed by atoms with van der Waals surface area (Å²) in [5.74, 6) is -1.17. The Morgan fingerprint density at radius 2 is 1.68 bits per heavy atom. The highest BCUT2D eigenvalue weighted by molar-refractivity contribution is 5.84. The number of likely N-dealkylation sites (N-methyl/N-ethyl adjacent to an activating group) is 2. The highest BCUT2D eigenvalue weighted by atomic mass is 16.4. The Balaban J connectivity index is 4.47. The van der Waals surface area contributed by atoms with Crippen LogP contribution < -0.4 is 5.32 Å². The smallest absolute Gasteiger partial charge is 0.317 e. The molecule has 0 radical (unpaired) electrons. The van der Waals surface area contributed by atoms with Crippen molar-refractivity contribution in [3.8, 4) is 0 Å². The lowest BCUT2D eigenvalue weighted by Gasteiger charge is -2.25. The molecule has 7 heteroatoms. The number of aliphatic carboxylic acids is 1. The summed E-state index contributed by atoms with van der Waals surface area (Å²) in [6.07, 6.45) is -0.140. The Labute approximate surface area is 113 Å². The van der Waals surface area contributed by atoms with Crippen LogP contribution in [0, 0.1) is 5.92 Å². The van der Waals surface area contributed by atoms with Gasteiger partial charge in [-0.2, -0.15) is 0 Å². The molecule has 3 amide bonds. The van der Waals surface area contributed by atoms with Gasteiger partial charge in [-0.25, -0.2) is 4.79 Å². The lowest BCUT2D eigenvalue weighted by Crippen LogP contribution is -2.48. The molecule has 2 N–H and O–H groups in total. The molecule has 110 valence electrons. The second-order valence-corrected chi connectivity index (χ2v) is 5.04. The van der Waals surface area contributed by atoms with Gasteiger partial charge in [0.1, 0.15) is 6.54 Å². The van der Waals surface area contributed by atoms with Crippen molar-refractivity contribution in [1.29, 1.82) is 0 Å². The van der Waals surface area contributed by atoms with Gasteiger partial charge in [-0.05, 0) is 5.92 Å². The maximum absolute atomic E-state index is 11.8. The second kappa shape index (κ2) is 7.60. The third-order valence-electron chi connectivity index (χ3n) is 2.73. The zero-order chi connectivity index (χ0) is 15.2. The number of nitrogens with one attached hydrogen (secondary N) is 1. The van der Waals surface area contributed by atoms with Gasteiger partial charge in [0, 0.05) is 27.2 Å². The molecule has 1 atom stereocenters. The first kappa shape index (κ1) is 17.2. The Morgan fingerprint density at radius 1 is 1.16 bits per heavy atom. The molecule has 0 aliphatic heterocycles. The molecule has 0 aromatic rings. The summed E-state index contributed by atoms with van der Waals surface area (Å²) in [5, 5.41) is 11.4. The van der Waals surface area contributed by atoms with Gasteiger partial charge in [-0.3, -0.25) is 9.59 Å². The van der Waals surface area contributed by atoms with Crippen molar-refractivity contribution in [3.63, 3.8) is 0 Å². The Kier molecular flexibility index (Phi) is 6.89. The van der Waals surface area contributed by atoms with Gasteiger partial charge in [0.2, 0.25) is 5.91 Å². The van der Waals surface area contributed by atoms with E-state index in [1.54, 1.807) is 14.1 Å². The summed E-state index contributed by atoms with van der Waals surface area (Å²) in [6, 6.07) is -0.906. The minimum absolute atomic E-state index is 0.00185. The SMILES string of the molecule is CC(C)C(CC(=O)O)NC(=O)N(C)CC(=O)N(C)C. The van der Waals surface area contributed by atoms with Crippen molar-refractivity contribution in [2.24, 2.45) is 5.92 Å². The number of nitrogens with zero attached hydrogens (tertiary/aromatic N) is 2. The molecule has 0 aromatic carbocycles. The van der Waals surface area contributed by atoms with E-state index in [-0.39, 0.29) is 24.8 Å². The van der Waals surface area contributed by atoms with Crippen LogP contribution in [-0.2, 0) is 9.59 Å². The fraction of sp³-hybridized carbons (Fsp3) is 0.750. The maximum atomic E-state index is 11.8. The zero-order valence-electron chi connectivity index (χ0n) is 12.1. The Bertz CT molecular complexity index is 342. The number of hydrogen-bond acceptors (Lipinski definition) is 3. The maximum Gasteiger partial charge on any atom is 0.317 e. The summed E-state index contributed by atoms with van der Waals surface area (Å²) >= 11 is 0. The van der Waals surface area contributed by atoms with Gasteiger partial charge in [-0.15, -0.1) is 0 Å². The molecule has 7 nitrogen and oxygen atoms in total. The first-order valence-corrected chi connectivity index (χ1v) is 6.08. The van der Waals surface area contributed by atoms with Crippen LogP contribution in [0.4, 0.5) is 4.79 Å². The van der Waals surface area contributed by atoms with E-state index in [2.05, 4.69) is 5.32 Å². The lowest BCUT2D eigenvalue weighted by atomic mass is 10.0. The molecule has 0 saturated carbocycles. The minimum Gasteiger partial charge on any atom is -0.481 e. The van der Waals surface area contributed by atoms with Crippen LogP contribution in [0.15, 0.2) is 0 Å². The Morgan fingerprint density at radius 3 is 2.05 bits per heavy atom. The fourth-order valence-electron chi connectivity index (χ4n) is 1.33. The summed E-state index contributed by atoms with van der Waals surface area (Å²) < 4.78 is 0. The van der Waals surface area contributed by atoms with Crippen LogP contribution in [0.25, 0.3) is 0 Å². The predicted molar refractivity (Wildman–Crippen MR) is 70.7 cm³/mol. The third kappa shape index (κ3) is 6.64. The van der Waals surface area contributed by atoms with E-state index in [0.29, 0.717) is 0 Å². The van der Waals surface area contributed by atoms with Gasteiger partial charge in [-0.1, -0.05) is 13.8 Å². The van der Waals surface area contributed by atoms with E-state index >= 15 is 0 Å². The molecule has 19 heavy (non-hydrogen) atoms. The number of urea groups is 1. The normalized spacial score (nSPS) is 11.9. The van der Waals surface area contributed by atoms with Crippen LogP contribution in [0.2, 0.25) is 0 Å². The standard InChI is InChI=1S/C12H23N3O4/c1-8(2)9(6-11(17)18)13-12(19)15(5)7-10(16)14(3)4/h8-9H,6-7H2,1-5H3,(H,13,19)(H,17,18). The van der Waals surface area contributed by atoms with E-state index in [0.717, 1.165) is 0 Å². The quantitative estimate of drug-likeness (QED) is 0.724. The molecule has 1 unspecified atom stereocenters. The number of carbonyl (C=O) groups is 3. The number of carboxylic acid groups (broad SMARTS) is 1. The van der Waals surface area contributed by atoms with E-state index in [4.69, 9.17) is 5.11 Å². The molecule has 0 aliphatic carbocycles. The van der Waals surface area contributed by atoms with E-state index in [9.17, 15) is 14.4 Å². The molecule has 0 bridgehead atoms. The zero-order valence-corrected chi connectivity index (χ0v) is 12.1. The molecule has 0 aliphatic rings. The van der Waals surface area contributed by atoms with Gasteiger partial charge in [0.15, 0.2) is 0 Å². The topological polar surface area (TPSA) is 90.0 Å². The van der Waals surface area contributed by atoms with Crippen molar-refractivity contribution >= 4 is 17.9 Å². The summed E-state index contributed by atoms with van der Waals surface area (Å²) in [6.45, 7) is 3.62. The molecular formula is C12H23N3O4.